The second-order valence-electron chi connectivity index (χ2n) is 9.53. The van der Waals surface area contributed by atoms with E-state index in [0.29, 0.717) is 11.7 Å². The third-order valence-electron chi connectivity index (χ3n) is 6.40. The Balaban J connectivity index is 1.65. The first-order valence-electron chi connectivity index (χ1n) is 12.1. The summed E-state index contributed by atoms with van der Waals surface area (Å²) in [6.07, 6.45) is 3.22. The third-order valence-corrected chi connectivity index (χ3v) is 7.53. The van der Waals surface area contributed by atoms with Gasteiger partial charge < -0.3 is 0 Å². The third kappa shape index (κ3) is 5.22. The number of aromatic nitrogens is 4. The van der Waals surface area contributed by atoms with Crippen molar-refractivity contribution in [2.24, 2.45) is 7.05 Å². The van der Waals surface area contributed by atoms with Gasteiger partial charge in [0, 0.05) is 11.8 Å². The molecule has 0 unspecified atom stereocenters. The highest BCUT2D eigenvalue weighted by Gasteiger charge is 2.14. The summed E-state index contributed by atoms with van der Waals surface area (Å²) in [5.74, 6) is 0.878. The molecule has 5 aromatic rings. The molecule has 0 aliphatic heterocycles. The zero-order valence-electron chi connectivity index (χ0n) is 21.3. The van der Waals surface area contributed by atoms with Crippen molar-refractivity contribution in [1.29, 1.82) is 0 Å². The summed E-state index contributed by atoms with van der Waals surface area (Å²) in [7, 11) is -1.58. The molecule has 0 saturated carbocycles. The molecule has 4 aromatic carbocycles. The van der Waals surface area contributed by atoms with Crippen molar-refractivity contribution in [3.8, 4) is 11.1 Å². The van der Waals surface area contributed by atoms with Gasteiger partial charge in [-0.2, -0.15) is 4.80 Å². The van der Waals surface area contributed by atoms with E-state index in [9.17, 15) is 8.42 Å². The number of hydrogen-bond donors (Lipinski definition) is 0. The molecule has 0 aliphatic rings. The second-order valence-corrected chi connectivity index (χ2v) is 11.5. The molecule has 6 nitrogen and oxygen atoms in total. The van der Waals surface area contributed by atoms with Crippen LogP contribution < -0.4 is 0 Å². The maximum atomic E-state index is 12.0. The molecule has 0 radical (unpaired) electrons. The van der Waals surface area contributed by atoms with E-state index < -0.39 is 9.84 Å². The fourth-order valence-corrected chi connectivity index (χ4v) is 5.05. The molecule has 1 heterocycles. The number of tetrazole rings is 1. The molecule has 0 N–H and O–H groups in total. The van der Waals surface area contributed by atoms with Gasteiger partial charge in [0.15, 0.2) is 9.84 Å². The number of fused-ring (bicyclic) bond motifs is 1. The van der Waals surface area contributed by atoms with Gasteiger partial charge in [-0.1, -0.05) is 80.6 Å². The van der Waals surface area contributed by atoms with Crippen LogP contribution >= 0.6 is 0 Å². The number of benzene rings is 4. The van der Waals surface area contributed by atoms with Gasteiger partial charge in [-0.3, -0.25) is 0 Å². The lowest BCUT2D eigenvalue weighted by Gasteiger charge is -2.14. The summed E-state index contributed by atoms with van der Waals surface area (Å²) in [6.45, 7) is 4.42. The molecule has 1 aromatic heterocycles. The van der Waals surface area contributed by atoms with Gasteiger partial charge in [0.1, 0.15) is 0 Å². The first kappa shape index (κ1) is 24.6. The highest BCUT2D eigenvalue weighted by Crippen LogP contribution is 2.34. The summed E-state index contributed by atoms with van der Waals surface area (Å²) in [4.78, 5) is 1.68. The van der Waals surface area contributed by atoms with E-state index in [1.807, 2.05) is 18.2 Å². The summed E-state index contributed by atoms with van der Waals surface area (Å²) in [5.41, 5.74) is 6.14. The van der Waals surface area contributed by atoms with Crippen LogP contribution in [0.3, 0.4) is 0 Å². The van der Waals surface area contributed by atoms with Crippen LogP contribution in [0.25, 0.3) is 33.5 Å². The average Bonchev–Trinajstić information content (AvgIpc) is 3.32. The molecule has 37 heavy (non-hydrogen) atoms. The first-order chi connectivity index (χ1) is 17.7. The van der Waals surface area contributed by atoms with Gasteiger partial charge in [-0.05, 0) is 74.0 Å². The summed E-state index contributed by atoms with van der Waals surface area (Å²) >= 11 is 0. The van der Waals surface area contributed by atoms with E-state index in [2.05, 4.69) is 77.8 Å². The van der Waals surface area contributed by atoms with Crippen LogP contribution in [-0.4, -0.2) is 34.9 Å². The number of hydrogen-bond acceptors (Lipinski definition) is 5. The SMILES string of the molecule is CC(C)c1cc(-c2cccc(/C=C(/c3ccc(S(C)(=O)=O)cc3)c3nnn(C)n3)c2)c2ccccc2c1. The largest absolute Gasteiger partial charge is 0.224 e. The average molecular weight is 509 g/mol. The zero-order chi connectivity index (χ0) is 26.2. The van der Waals surface area contributed by atoms with Gasteiger partial charge in [0.2, 0.25) is 5.82 Å². The lowest BCUT2D eigenvalue weighted by atomic mass is 9.91. The molecule has 0 atom stereocenters. The number of sulfone groups is 1. The fourth-order valence-electron chi connectivity index (χ4n) is 4.42. The van der Waals surface area contributed by atoms with Crippen molar-refractivity contribution in [3.63, 3.8) is 0 Å². The Labute approximate surface area is 217 Å². The van der Waals surface area contributed by atoms with Crippen LogP contribution in [0, 0.1) is 0 Å². The van der Waals surface area contributed by atoms with E-state index in [1.54, 1.807) is 31.3 Å². The monoisotopic (exact) mass is 508 g/mol. The molecule has 5 rings (SSSR count). The van der Waals surface area contributed by atoms with Gasteiger partial charge in [0.05, 0.1) is 11.9 Å². The number of aryl methyl sites for hydroxylation is 1. The second kappa shape index (κ2) is 9.75. The highest BCUT2D eigenvalue weighted by atomic mass is 32.2. The lowest BCUT2D eigenvalue weighted by molar-refractivity contribution is 0.602. The number of rotatable bonds is 6. The molecule has 7 heteroatoms. The minimum atomic E-state index is -3.30. The van der Waals surface area contributed by atoms with E-state index in [0.717, 1.165) is 22.3 Å². The quantitative estimate of drug-likeness (QED) is 0.257. The van der Waals surface area contributed by atoms with Crippen molar-refractivity contribution in [1.82, 2.24) is 20.2 Å². The normalized spacial score (nSPS) is 12.4. The fraction of sp³-hybridized carbons (Fsp3) is 0.167. The molecule has 0 fully saturated rings. The van der Waals surface area contributed by atoms with Crippen LogP contribution in [-0.2, 0) is 16.9 Å². The predicted molar refractivity (Wildman–Crippen MR) is 149 cm³/mol. The van der Waals surface area contributed by atoms with E-state index >= 15 is 0 Å². The maximum Gasteiger partial charge on any atom is 0.205 e. The summed E-state index contributed by atoms with van der Waals surface area (Å²) in [6, 6.07) is 28.2. The van der Waals surface area contributed by atoms with Gasteiger partial charge in [-0.25, -0.2) is 8.42 Å². The van der Waals surface area contributed by atoms with Crippen LogP contribution in [0.4, 0.5) is 0 Å². The van der Waals surface area contributed by atoms with Crippen molar-refractivity contribution < 1.29 is 8.42 Å². The lowest BCUT2D eigenvalue weighted by Crippen LogP contribution is -1.98. The molecule has 0 amide bonds. The molecule has 0 saturated heterocycles. The molecular weight excluding hydrogens is 480 g/mol. The standard InChI is InChI=1S/C30H28N4O2S/c1-20(2)25-18-24-9-5-6-11-27(24)28(19-25)23-10-7-8-21(16-23)17-29(30-31-33-34(3)32-30)22-12-14-26(15-13-22)37(4,35)36/h5-20H,1-4H3/b29-17-. The van der Waals surface area contributed by atoms with Crippen LogP contribution in [0.15, 0.2) is 89.8 Å². The van der Waals surface area contributed by atoms with Crippen molar-refractivity contribution in [2.45, 2.75) is 24.7 Å². The van der Waals surface area contributed by atoms with Gasteiger partial charge in [-0.15, -0.1) is 10.2 Å². The van der Waals surface area contributed by atoms with Crippen LogP contribution in [0.2, 0.25) is 0 Å². The first-order valence-corrected chi connectivity index (χ1v) is 14.0. The Morgan fingerprint density at radius 3 is 2.35 bits per heavy atom. The van der Waals surface area contributed by atoms with Crippen molar-refractivity contribution in [2.75, 3.05) is 6.26 Å². The van der Waals surface area contributed by atoms with Crippen molar-refractivity contribution >= 4 is 32.3 Å². The molecule has 0 aliphatic carbocycles. The summed E-state index contributed by atoms with van der Waals surface area (Å²) in [5, 5.41) is 15.1. The Bertz CT molecular complexity index is 1730. The smallest absolute Gasteiger partial charge is 0.205 e. The molecule has 0 spiro atoms. The highest BCUT2D eigenvalue weighted by molar-refractivity contribution is 7.90. The molecular formula is C30H28N4O2S. The Kier molecular flexibility index (Phi) is 6.48. The minimum Gasteiger partial charge on any atom is -0.224 e. The van der Waals surface area contributed by atoms with Crippen molar-refractivity contribution in [3.05, 3.63) is 107 Å². The Morgan fingerprint density at radius 1 is 0.919 bits per heavy atom. The van der Waals surface area contributed by atoms with E-state index in [4.69, 9.17) is 0 Å². The predicted octanol–water partition coefficient (Wildman–Crippen LogP) is 6.15. The zero-order valence-corrected chi connectivity index (χ0v) is 22.1. The van der Waals surface area contributed by atoms with E-state index in [-0.39, 0.29) is 4.90 Å². The van der Waals surface area contributed by atoms with E-state index in [1.165, 1.54) is 33.0 Å². The van der Waals surface area contributed by atoms with Crippen LogP contribution in [0.5, 0.6) is 0 Å². The number of nitrogens with zero attached hydrogens (tertiary/aromatic N) is 4. The molecule has 186 valence electrons. The Morgan fingerprint density at radius 2 is 1.68 bits per heavy atom. The Hall–Kier alpha value is -4.10. The summed E-state index contributed by atoms with van der Waals surface area (Å²) < 4.78 is 23.9. The molecule has 0 bridgehead atoms. The van der Waals surface area contributed by atoms with Crippen LogP contribution in [0.1, 0.15) is 42.3 Å². The van der Waals surface area contributed by atoms with Gasteiger partial charge >= 0.3 is 0 Å². The minimum absolute atomic E-state index is 0.265. The topological polar surface area (TPSA) is 77.7 Å². The maximum absolute atomic E-state index is 12.0. The van der Waals surface area contributed by atoms with Gasteiger partial charge in [0.25, 0.3) is 0 Å².